The Hall–Kier alpha value is -2.45. The number of phenolic OH excluding ortho intramolecular Hbond substituents is 1. The molecule has 0 spiro atoms. The number of phenols is 1. The number of amides is 1. The van der Waals surface area contributed by atoms with Crippen LogP contribution in [-0.4, -0.2) is 36.9 Å². The summed E-state index contributed by atoms with van der Waals surface area (Å²) in [5.74, 6) is 0.173. The molecular weight excluding hydrogens is 467 g/mol. The molecule has 2 aliphatic carbocycles. The highest BCUT2D eigenvalue weighted by Gasteiger charge is 2.57. The predicted octanol–water partition coefficient (Wildman–Crippen LogP) is 4.50. The van der Waals surface area contributed by atoms with E-state index in [2.05, 4.69) is 36.9 Å². The fourth-order valence-corrected chi connectivity index (χ4v) is 6.88. The lowest BCUT2D eigenvalue weighted by molar-refractivity contribution is -0.148. The molecule has 1 saturated carbocycles. The smallest absolute Gasteiger partial charge is 0.240 e. The number of halogens is 1. The molecule has 1 heterocycles. The van der Waals surface area contributed by atoms with Crippen molar-refractivity contribution in [1.82, 2.24) is 4.90 Å². The lowest BCUT2D eigenvalue weighted by atomic mass is 9.51. The van der Waals surface area contributed by atoms with Crippen LogP contribution in [0.25, 0.3) is 0 Å². The molecule has 2 aromatic rings. The van der Waals surface area contributed by atoms with Gasteiger partial charge < -0.3 is 10.0 Å². The van der Waals surface area contributed by atoms with Crippen molar-refractivity contribution in [3.63, 3.8) is 0 Å². The van der Waals surface area contributed by atoms with E-state index in [1.165, 1.54) is 30.5 Å². The second-order valence-corrected chi connectivity index (χ2v) is 12.3. The monoisotopic (exact) mass is 502 g/mol. The zero-order valence-corrected chi connectivity index (χ0v) is 21.4. The van der Waals surface area contributed by atoms with Crippen LogP contribution in [-0.2, 0) is 26.7 Å². The Kier molecular flexibility index (Phi) is 6.74. The van der Waals surface area contributed by atoms with Crippen LogP contribution in [0.1, 0.15) is 64.0 Å². The first-order valence-corrected chi connectivity index (χ1v) is 13.8. The number of benzene rings is 2. The van der Waals surface area contributed by atoms with Gasteiger partial charge in [0, 0.05) is 23.9 Å². The minimum Gasteiger partial charge on any atom is -0.508 e. The standard InChI is InChI=1S/C21H29NO2.C6H6FNO2S/c1-20(2)18-13-15-16(9-6-10-17(15)23)21(20,3)11-12-22(18)19(24)14-7-4-5-8-14;7-5-3-1-2-4-6(5)11(8,9)10/h6,9-10,14,18,23H,4-5,7-8,11-13H2,1-3H3;1-4H,(H2,8,9,10)/t18-,21+;/m1./s1. The number of carbonyl (C=O) groups excluding carboxylic acids is 1. The molecule has 190 valence electrons. The van der Waals surface area contributed by atoms with Crippen LogP contribution >= 0.6 is 0 Å². The Labute approximate surface area is 207 Å². The number of aromatic hydroxyl groups is 1. The van der Waals surface area contributed by atoms with Crippen molar-refractivity contribution in [2.24, 2.45) is 16.5 Å². The Morgan fingerprint density at radius 1 is 1.09 bits per heavy atom. The molecule has 8 heteroatoms. The van der Waals surface area contributed by atoms with Crippen LogP contribution in [0.15, 0.2) is 47.4 Å². The first kappa shape index (κ1) is 25.6. The zero-order chi connectivity index (χ0) is 25.6. The van der Waals surface area contributed by atoms with Crippen molar-refractivity contribution in [1.29, 1.82) is 0 Å². The van der Waals surface area contributed by atoms with Gasteiger partial charge >= 0.3 is 0 Å². The number of hydrogen-bond donors (Lipinski definition) is 2. The topological polar surface area (TPSA) is 101 Å². The van der Waals surface area contributed by atoms with Gasteiger partial charge in [0.25, 0.3) is 0 Å². The van der Waals surface area contributed by atoms with Crippen molar-refractivity contribution in [2.45, 2.75) is 75.6 Å². The van der Waals surface area contributed by atoms with Crippen LogP contribution in [0.5, 0.6) is 5.75 Å². The number of piperidine rings is 1. The molecule has 35 heavy (non-hydrogen) atoms. The van der Waals surface area contributed by atoms with Gasteiger partial charge in [-0.1, -0.05) is 57.9 Å². The number of sulfonamides is 1. The summed E-state index contributed by atoms with van der Waals surface area (Å²) >= 11 is 0. The van der Waals surface area contributed by atoms with E-state index in [1.807, 2.05) is 6.07 Å². The second kappa shape index (κ2) is 9.21. The van der Waals surface area contributed by atoms with Crippen LogP contribution in [0, 0.1) is 17.2 Å². The van der Waals surface area contributed by atoms with Crippen molar-refractivity contribution >= 4 is 15.9 Å². The van der Waals surface area contributed by atoms with Crippen molar-refractivity contribution < 1.29 is 22.7 Å². The van der Waals surface area contributed by atoms with E-state index in [0.717, 1.165) is 49.9 Å². The molecule has 2 bridgehead atoms. The minimum atomic E-state index is -3.91. The maximum Gasteiger partial charge on any atom is 0.240 e. The normalized spacial score (nSPS) is 25.4. The molecule has 0 radical (unpaired) electrons. The average molecular weight is 503 g/mol. The Morgan fingerprint density at radius 2 is 1.74 bits per heavy atom. The van der Waals surface area contributed by atoms with Crippen LogP contribution in [0.3, 0.4) is 0 Å². The molecule has 2 atom stereocenters. The van der Waals surface area contributed by atoms with Crippen LogP contribution in [0.4, 0.5) is 4.39 Å². The number of carbonyl (C=O) groups is 1. The lowest BCUT2D eigenvalue weighted by Gasteiger charge is -2.61. The number of nitrogens with two attached hydrogens (primary N) is 1. The molecule has 6 nitrogen and oxygen atoms in total. The Balaban J connectivity index is 0.000000221. The zero-order valence-electron chi connectivity index (χ0n) is 20.6. The number of nitrogens with zero attached hydrogens (tertiary/aromatic N) is 1. The number of primary sulfonamides is 1. The van der Waals surface area contributed by atoms with Gasteiger partial charge in [0.1, 0.15) is 16.5 Å². The third-order valence-electron chi connectivity index (χ3n) is 8.76. The maximum atomic E-state index is 13.2. The van der Waals surface area contributed by atoms with E-state index in [-0.39, 0.29) is 22.8 Å². The quantitative estimate of drug-likeness (QED) is 0.632. The predicted molar refractivity (Wildman–Crippen MR) is 133 cm³/mol. The molecule has 0 aromatic heterocycles. The molecule has 1 amide bonds. The third-order valence-corrected chi connectivity index (χ3v) is 9.70. The van der Waals surface area contributed by atoms with Gasteiger partial charge in [0.2, 0.25) is 15.9 Å². The van der Waals surface area contributed by atoms with E-state index in [1.54, 1.807) is 6.07 Å². The molecule has 3 N–H and O–H groups in total. The summed E-state index contributed by atoms with van der Waals surface area (Å²) in [5, 5.41) is 15.1. The molecule has 2 aromatic carbocycles. The van der Waals surface area contributed by atoms with E-state index in [0.29, 0.717) is 11.7 Å². The van der Waals surface area contributed by atoms with Gasteiger partial charge in [0.15, 0.2) is 0 Å². The van der Waals surface area contributed by atoms with Crippen molar-refractivity contribution in [2.75, 3.05) is 6.54 Å². The summed E-state index contributed by atoms with van der Waals surface area (Å²) in [7, 11) is -3.91. The van der Waals surface area contributed by atoms with Gasteiger partial charge in [-0.15, -0.1) is 0 Å². The molecule has 3 aliphatic rings. The first-order valence-electron chi connectivity index (χ1n) is 12.3. The third kappa shape index (κ3) is 4.47. The number of hydrogen-bond acceptors (Lipinski definition) is 4. The summed E-state index contributed by atoms with van der Waals surface area (Å²) in [6, 6.07) is 11.1. The fraction of sp³-hybridized carbons (Fsp3) is 0.519. The van der Waals surface area contributed by atoms with E-state index in [9.17, 15) is 22.7 Å². The van der Waals surface area contributed by atoms with Gasteiger partial charge in [-0.3, -0.25) is 4.79 Å². The van der Waals surface area contributed by atoms with E-state index < -0.39 is 20.7 Å². The molecular formula is C27H35FN2O4S. The summed E-state index contributed by atoms with van der Waals surface area (Å²) in [4.78, 5) is 14.9. The first-order chi connectivity index (χ1) is 16.4. The van der Waals surface area contributed by atoms with E-state index >= 15 is 0 Å². The van der Waals surface area contributed by atoms with Crippen molar-refractivity contribution in [3.8, 4) is 5.75 Å². The van der Waals surface area contributed by atoms with Gasteiger partial charge in [-0.25, -0.2) is 17.9 Å². The molecule has 0 unspecified atom stereocenters. The van der Waals surface area contributed by atoms with E-state index in [4.69, 9.17) is 0 Å². The Bertz CT molecular complexity index is 1220. The Morgan fingerprint density at radius 3 is 2.34 bits per heavy atom. The van der Waals surface area contributed by atoms with Gasteiger partial charge in [0.05, 0.1) is 0 Å². The SMILES string of the molecule is CC1(C)[C@H]2Cc3c(O)cccc3[C@]1(C)CCN2C(=O)C1CCCC1.NS(=O)(=O)c1ccccc1F. The molecule has 1 aliphatic heterocycles. The highest BCUT2D eigenvalue weighted by molar-refractivity contribution is 7.89. The second-order valence-electron chi connectivity index (χ2n) is 10.8. The highest BCUT2D eigenvalue weighted by atomic mass is 32.2. The lowest BCUT2D eigenvalue weighted by Crippen LogP contribution is -2.65. The minimum absolute atomic E-state index is 0.0104. The average Bonchev–Trinajstić information content (AvgIpc) is 3.31. The molecule has 2 fully saturated rings. The van der Waals surface area contributed by atoms with Gasteiger partial charge in [-0.05, 0) is 60.4 Å². The van der Waals surface area contributed by atoms with Crippen molar-refractivity contribution in [3.05, 3.63) is 59.4 Å². The highest BCUT2D eigenvalue weighted by Crippen LogP contribution is 2.57. The van der Waals surface area contributed by atoms with Crippen LogP contribution in [0.2, 0.25) is 0 Å². The molecule has 1 saturated heterocycles. The fourth-order valence-electron chi connectivity index (χ4n) is 6.27. The number of rotatable bonds is 2. The largest absolute Gasteiger partial charge is 0.508 e. The summed E-state index contributed by atoms with van der Waals surface area (Å²) in [6.45, 7) is 7.82. The summed E-state index contributed by atoms with van der Waals surface area (Å²) in [6.07, 6.45) is 6.26. The number of fused-ring (bicyclic) bond motifs is 4. The summed E-state index contributed by atoms with van der Waals surface area (Å²) in [5.41, 5.74) is 2.38. The van der Waals surface area contributed by atoms with Gasteiger partial charge in [-0.2, -0.15) is 0 Å². The maximum absolute atomic E-state index is 13.2. The van der Waals surface area contributed by atoms with Crippen LogP contribution < -0.4 is 5.14 Å². The summed E-state index contributed by atoms with van der Waals surface area (Å²) < 4.78 is 33.8. The number of likely N-dealkylation sites (tertiary alicyclic amines) is 1. The molecule has 5 rings (SSSR count).